The molecule has 0 saturated carbocycles. The zero-order valence-corrected chi connectivity index (χ0v) is 16.9. The number of para-hydroxylation sites is 1. The third-order valence-corrected chi connectivity index (χ3v) is 5.36. The summed E-state index contributed by atoms with van der Waals surface area (Å²) >= 11 is 5.93. The Morgan fingerprint density at radius 1 is 1.14 bits per heavy atom. The Morgan fingerprint density at radius 3 is 2.52 bits per heavy atom. The van der Waals surface area contributed by atoms with Gasteiger partial charge in [0, 0.05) is 29.6 Å². The highest BCUT2D eigenvalue weighted by Crippen LogP contribution is 2.29. The predicted molar refractivity (Wildman–Crippen MR) is 110 cm³/mol. The summed E-state index contributed by atoms with van der Waals surface area (Å²) in [5.41, 5.74) is 0.865. The molecule has 1 amide bonds. The Hall–Kier alpha value is -2.86. The lowest BCUT2D eigenvalue weighted by atomic mass is 9.96. The number of amides is 1. The van der Waals surface area contributed by atoms with E-state index in [1.165, 1.54) is 0 Å². The molecule has 29 heavy (non-hydrogen) atoms. The third kappa shape index (κ3) is 4.59. The number of nitrogens with zero attached hydrogens (tertiary/aromatic N) is 3. The molecule has 4 rings (SSSR count). The van der Waals surface area contributed by atoms with Crippen molar-refractivity contribution in [3.05, 3.63) is 65.5 Å². The lowest BCUT2D eigenvalue weighted by Gasteiger charge is -2.32. The molecule has 0 aliphatic carbocycles. The van der Waals surface area contributed by atoms with Gasteiger partial charge in [0.05, 0.1) is 0 Å². The number of piperidine rings is 1. The molecule has 1 saturated heterocycles. The number of hydrogen-bond donors (Lipinski definition) is 0. The van der Waals surface area contributed by atoms with Gasteiger partial charge >= 0.3 is 0 Å². The summed E-state index contributed by atoms with van der Waals surface area (Å²) in [6.45, 7) is 3.08. The van der Waals surface area contributed by atoms with Crippen LogP contribution in [-0.2, 0) is 4.79 Å². The van der Waals surface area contributed by atoms with Crippen LogP contribution in [0.4, 0.5) is 0 Å². The highest BCUT2D eigenvalue weighted by molar-refractivity contribution is 6.30. The molecule has 2 heterocycles. The van der Waals surface area contributed by atoms with Crippen molar-refractivity contribution >= 4 is 17.5 Å². The molecule has 7 heteroatoms. The number of rotatable bonds is 5. The number of aromatic nitrogens is 2. The van der Waals surface area contributed by atoms with E-state index >= 15 is 0 Å². The van der Waals surface area contributed by atoms with Gasteiger partial charge in [0.1, 0.15) is 5.75 Å². The molecule has 2 aromatic carbocycles. The molecule has 1 fully saturated rings. The number of carbonyl (C=O) groups excluding carboxylic acids is 1. The van der Waals surface area contributed by atoms with E-state index in [2.05, 4.69) is 10.1 Å². The summed E-state index contributed by atoms with van der Waals surface area (Å²) in [4.78, 5) is 19.1. The van der Waals surface area contributed by atoms with Gasteiger partial charge in [-0.15, -0.1) is 0 Å². The largest absolute Gasteiger partial charge is 0.481 e. The summed E-state index contributed by atoms with van der Waals surface area (Å²) in [6, 6.07) is 16.7. The number of carbonyl (C=O) groups is 1. The van der Waals surface area contributed by atoms with Crippen LogP contribution in [0.2, 0.25) is 5.02 Å². The number of likely N-dealkylation sites (tertiary alicyclic amines) is 1. The van der Waals surface area contributed by atoms with Crippen LogP contribution >= 0.6 is 11.6 Å². The van der Waals surface area contributed by atoms with Crippen LogP contribution in [0.15, 0.2) is 59.1 Å². The Balaban J connectivity index is 1.33. The van der Waals surface area contributed by atoms with Crippen LogP contribution < -0.4 is 4.74 Å². The summed E-state index contributed by atoms with van der Waals surface area (Å²) in [6.07, 6.45) is 1.05. The van der Waals surface area contributed by atoms with E-state index in [4.69, 9.17) is 20.9 Å². The molecule has 0 spiro atoms. The van der Waals surface area contributed by atoms with Crippen molar-refractivity contribution in [2.75, 3.05) is 13.1 Å². The minimum Gasteiger partial charge on any atom is -0.481 e. The van der Waals surface area contributed by atoms with Crippen LogP contribution in [0, 0.1) is 0 Å². The first-order valence-electron chi connectivity index (χ1n) is 9.70. The zero-order valence-electron chi connectivity index (χ0n) is 16.1. The average Bonchev–Trinajstić information content (AvgIpc) is 3.25. The molecule has 1 aliphatic rings. The van der Waals surface area contributed by atoms with Crippen molar-refractivity contribution in [2.45, 2.75) is 31.8 Å². The van der Waals surface area contributed by atoms with Gasteiger partial charge in [0.15, 0.2) is 6.10 Å². The SMILES string of the molecule is CC(Oc1ccccc1)C(=O)N1CCC(c2nc(-c3ccc(Cl)cc3)no2)CC1. The lowest BCUT2D eigenvalue weighted by molar-refractivity contribution is -0.139. The van der Waals surface area contributed by atoms with E-state index in [0.29, 0.717) is 35.6 Å². The van der Waals surface area contributed by atoms with Gasteiger partial charge in [0.25, 0.3) is 5.91 Å². The van der Waals surface area contributed by atoms with E-state index in [1.54, 1.807) is 19.1 Å². The second-order valence-corrected chi connectivity index (χ2v) is 7.57. The molecule has 1 aromatic heterocycles. The maximum absolute atomic E-state index is 12.7. The number of ether oxygens (including phenoxy) is 1. The van der Waals surface area contributed by atoms with Gasteiger partial charge < -0.3 is 14.2 Å². The standard InChI is InChI=1S/C22H22ClN3O3/c1-15(28-19-5-3-2-4-6-19)22(27)26-13-11-17(12-14-26)21-24-20(25-29-21)16-7-9-18(23)10-8-16/h2-10,15,17H,11-14H2,1H3. The Bertz CT molecular complexity index is 951. The van der Waals surface area contributed by atoms with E-state index < -0.39 is 6.10 Å². The molecule has 0 radical (unpaired) electrons. The quantitative estimate of drug-likeness (QED) is 0.615. The fourth-order valence-electron chi connectivity index (χ4n) is 3.47. The summed E-state index contributed by atoms with van der Waals surface area (Å²) < 4.78 is 11.2. The molecule has 1 aliphatic heterocycles. The smallest absolute Gasteiger partial charge is 0.263 e. The van der Waals surface area contributed by atoms with E-state index in [0.717, 1.165) is 18.4 Å². The first-order chi connectivity index (χ1) is 14.1. The molecule has 0 N–H and O–H groups in total. The molecule has 1 atom stereocenters. The lowest BCUT2D eigenvalue weighted by Crippen LogP contribution is -2.44. The first kappa shape index (κ1) is 19.5. The summed E-state index contributed by atoms with van der Waals surface area (Å²) in [7, 11) is 0. The van der Waals surface area contributed by atoms with Gasteiger partial charge in [-0.1, -0.05) is 35.0 Å². The van der Waals surface area contributed by atoms with Gasteiger partial charge in [-0.05, 0) is 56.2 Å². The van der Waals surface area contributed by atoms with Gasteiger partial charge in [-0.2, -0.15) is 4.98 Å². The van der Waals surface area contributed by atoms with Crippen LogP contribution in [0.25, 0.3) is 11.4 Å². The van der Waals surface area contributed by atoms with Gasteiger partial charge in [-0.3, -0.25) is 4.79 Å². The molecule has 150 valence electrons. The normalized spacial score (nSPS) is 15.9. The molecular formula is C22H22ClN3O3. The highest BCUT2D eigenvalue weighted by atomic mass is 35.5. The molecule has 3 aromatic rings. The first-order valence-corrected chi connectivity index (χ1v) is 10.1. The van der Waals surface area contributed by atoms with Crippen molar-refractivity contribution in [1.82, 2.24) is 15.0 Å². The van der Waals surface area contributed by atoms with Crippen molar-refractivity contribution in [3.8, 4) is 17.1 Å². The number of halogens is 1. The minimum absolute atomic E-state index is 0.000291. The Labute approximate surface area is 174 Å². The zero-order chi connectivity index (χ0) is 20.2. The second-order valence-electron chi connectivity index (χ2n) is 7.14. The van der Waals surface area contributed by atoms with E-state index in [1.807, 2.05) is 47.4 Å². The molecular weight excluding hydrogens is 390 g/mol. The third-order valence-electron chi connectivity index (χ3n) is 5.10. The van der Waals surface area contributed by atoms with Crippen molar-refractivity contribution in [2.24, 2.45) is 0 Å². The average molecular weight is 412 g/mol. The van der Waals surface area contributed by atoms with Gasteiger partial charge in [-0.25, -0.2) is 0 Å². The van der Waals surface area contributed by atoms with Crippen molar-refractivity contribution in [1.29, 1.82) is 0 Å². The maximum Gasteiger partial charge on any atom is 0.263 e. The molecule has 6 nitrogen and oxygen atoms in total. The maximum atomic E-state index is 12.7. The van der Waals surface area contributed by atoms with Crippen LogP contribution in [-0.4, -0.2) is 40.1 Å². The Kier molecular flexibility index (Phi) is 5.81. The number of benzene rings is 2. The van der Waals surface area contributed by atoms with Crippen LogP contribution in [0.1, 0.15) is 31.6 Å². The fraction of sp³-hybridized carbons (Fsp3) is 0.318. The minimum atomic E-state index is -0.520. The predicted octanol–water partition coefficient (Wildman–Crippen LogP) is 4.56. The van der Waals surface area contributed by atoms with Crippen LogP contribution in [0.3, 0.4) is 0 Å². The van der Waals surface area contributed by atoms with Gasteiger partial charge in [0.2, 0.25) is 11.7 Å². The monoisotopic (exact) mass is 411 g/mol. The topological polar surface area (TPSA) is 68.5 Å². The second kappa shape index (κ2) is 8.66. The summed E-state index contributed by atoms with van der Waals surface area (Å²) in [5, 5.41) is 4.76. The van der Waals surface area contributed by atoms with Crippen molar-refractivity contribution < 1.29 is 14.1 Å². The summed E-state index contributed by atoms with van der Waals surface area (Å²) in [5.74, 6) is 2.03. The van der Waals surface area contributed by atoms with Crippen LogP contribution in [0.5, 0.6) is 5.75 Å². The van der Waals surface area contributed by atoms with E-state index in [-0.39, 0.29) is 11.8 Å². The molecule has 0 bridgehead atoms. The Morgan fingerprint density at radius 2 is 1.83 bits per heavy atom. The van der Waals surface area contributed by atoms with E-state index in [9.17, 15) is 4.79 Å². The number of hydrogen-bond acceptors (Lipinski definition) is 5. The van der Waals surface area contributed by atoms with Crippen molar-refractivity contribution in [3.63, 3.8) is 0 Å². The highest BCUT2D eigenvalue weighted by Gasteiger charge is 2.30. The fourth-order valence-corrected chi connectivity index (χ4v) is 3.60. The molecule has 1 unspecified atom stereocenters.